The van der Waals surface area contributed by atoms with Gasteiger partial charge in [0.1, 0.15) is 6.04 Å². The standard InChI is InChI=1S/C23H35NO3/c1-2-3-4-5-6-7-8-12-18-27-23(26)21-16-13-17-24(21)22(25)19-20-14-10-9-11-15-20/h9-11,14-15,21H,2-8,12-13,16-19H2,1H3. The Kier molecular flexibility index (Phi) is 9.96. The van der Waals surface area contributed by atoms with Gasteiger partial charge in [-0.1, -0.05) is 82.2 Å². The summed E-state index contributed by atoms with van der Waals surface area (Å²) in [5.74, 6) is -0.204. The first-order valence-electron chi connectivity index (χ1n) is 10.7. The average molecular weight is 374 g/mol. The summed E-state index contributed by atoms with van der Waals surface area (Å²) in [4.78, 5) is 26.7. The Morgan fingerprint density at radius 1 is 1.00 bits per heavy atom. The summed E-state index contributed by atoms with van der Waals surface area (Å²) in [6, 6.07) is 9.31. The molecule has 0 aromatic heterocycles. The van der Waals surface area contributed by atoms with Gasteiger partial charge in [-0.2, -0.15) is 0 Å². The molecular weight excluding hydrogens is 338 g/mol. The average Bonchev–Trinajstić information content (AvgIpc) is 3.17. The van der Waals surface area contributed by atoms with Crippen LogP contribution in [0.4, 0.5) is 0 Å². The molecule has 1 aromatic carbocycles. The molecule has 150 valence electrons. The third kappa shape index (κ3) is 7.74. The van der Waals surface area contributed by atoms with Crippen LogP contribution in [0, 0.1) is 0 Å². The summed E-state index contributed by atoms with van der Waals surface area (Å²) >= 11 is 0. The lowest BCUT2D eigenvalue weighted by molar-refractivity contribution is -0.153. The minimum Gasteiger partial charge on any atom is -0.464 e. The Morgan fingerprint density at radius 3 is 2.37 bits per heavy atom. The Balaban J connectivity index is 1.64. The van der Waals surface area contributed by atoms with Crippen LogP contribution in [0.3, 0.4) is 0 Å². The molecule has 1 amide bonds. The molecule has 0 N–H and O–H groups in total. The van der Waals surface area contributed by atoms with Gasteiger partial charge in [-0.15, -0.1) is 0 Å². The lowest BCUT2D eigenvalue weighted by Crippen LogP contribution is -2.42. The van der Waals surface area contributed by atoms with Crippen molar-refractivity contribution in [3.05, 3.63) is 35.9 Å². The molecule has 1 atom stereocenters. The molecule has 0 radical (unpaired) electrons. The van der Waals surface area contributed by atoms with E-state index in [2.05, 4.69) is 6.92 Å². The fourth-order valence-corrected chi connectivity index (χ4v) is 3.69. The van der Waals surface area contributed by atoms with Crippen molar-refractivity contribution in [1.82, 2.24) is 4.90 Å². The monoisotopic (exact) mass is 373 g/mol. The molecule has 1 saturated heterocycles. The summed E-state index contributed by atoms with van der Waals surface area (Å²) in [7, 11) is 0. The molecule has 4 heteroatoms. The maximum absolute atomic E-state index is 12.6. The van der Waals surface area contributed by atoms with Crippen LogP contribution >= 0.6 is 0 Å². The van der Waals surface area contributed by atoms with Crippen molar-refractivity contribution >= 4 is 11.9 Å². The Hall–Kier alpha value is -1.84. The zero-order valence-electron chi connectivity index (χ0n) is 16.8. The molecule has 1 aromatic rings. The van der Waals surface area contributed by atoms with Crippen molar-refractivity contribution in [3.8, 4) is 0 Å². The van der Waals surface area contributed by atoms with Crippen molar-refractivity contribution in [2.75, 3.05) is 13.2 Å². The number of carbonyl (C=O) groups is 2. The molecule has 4 nitrogen and oxygen atoms in total. The summed E-state index contributed by atoms with van der Waals surface area (Å²) in [6.07, 6.45) is 11.7. The predicted molar refractivity (Wildman–Crippen MR) is 108 cm³/mol. The van der Waals surface area contributed by atoms with Crippen LogP contribution in [0.15, 0.2) is 30.3 Å². The number of likely N-dealkylation sites (tertiary alicyclic amines) is 1. The molecule has 1 aliphatic rings. The first-order valence-corrected chi connectivity index (χ1v) is 10.7. The van der Waals surface area contributed by atoms with Gasteiger partial charge < -0.3 is 9.64 Å². The number of hydrogen-bond donors (Lipinski definition) is 0. The van der Waals surface area contributed by atoms with E-state index in [0.29, 0.717) is 19.6 Å². The van der Waals surface area contributed by atoms with Gasteiger partial charge in [0.15, 0.2) is 0 Å². The van der Waals surface area contributed by atoms with E-state index in [4.69, 9.17) is 4.74 Å². The Morgan fingerprint density at radius 2 is 1.67 bits per heavy atom. The molecule has 1 aliphatic heterocycles. The number of nitrogens with zero attached hydrogens (tertiary/aromatic N) is 1. The zero-order chi connectivity index (χ0) is 19.3. The second-order valence-electron chi connectivity index (χ2n) is 7.55. The van der Waals surface area contributed by atoms with E-state index in [9.17, 15) is 9.59 Å². The predicted octanol–water partition coefficient (Wildman–Crippen LogP) is 4.90. The van der Waals surface area contributed by atoms with Crippen molar-refractivity contribution in [2.24, 2.45) is 0 Å². The topological polar surface area (TPSA) is 46.6 Å². The zero-order valence-corrected chi connectivity index (χ0v) is 16.8. The highest BCUT2D eigenvalue weighted by Crippen LogP contribution is 2.20. The maximum atomic E-state index is 12.6. The molecule has 2 rings (SSSR count). The Bertz CT molecular complexity index is 558. The van der Waals surface area contributed by atoms with Gasteiger partial charge in [0.05, 0.1) is 13.0 Å². The number of unbranched alkanes of at least 4 members (excludes halogenated alkanes) is 7. The highest BCUT2D eigenvalue weighted by molar-refractivity contribution is 5.86. The molecule has 1 heterocycles. The largest absolute Gasteiger partial charge is 0.464 e. The molecule has 1 unspecified atom stereocenters. The summed E-state index contributed by atoms with van der Waals surface area (Å²) in [5, 5.41) is 0. The number of esters is 1. The van der Waals surface area contributed by atoms with Crippen molar-refractivity contribution < 1.29 is 14.3 Å². The van der Waals surface area contributed by atoms with Gasteiger partial charge in [-0.25, -0.2) is 4.79 Å². The van der Waals surface area contributed by atoms with E-state index < -0.39 is 6.04 Å². The summed E-state index contributed by atoms with van der Waals surface area (Å²) in [5.41, 5.74) is 0.987. The van der Waals surface area contributed by atoms with Crippen LogP contribution in [0.2, 0.25) is 0 Å². The number of hydrogen-bond acceptors (Lipinski definition) is 3. The quantitative estimate of drug-likeness (QED) is 0.386. The number of amides is 1. The van der Waals surface area contributed by atoms with Gasteiger partial charge in [0.2, 0.25) is 5.91 Å². The van der Waals surface area contributed by atoms with Gasteiger partial charge in [-0.3, -0.25) is 4.79 Å². The van der Waals surface area contributed by atoms with Gasteiger partial charge in [0.25, 0.3) is 0 Å². The highest BCUT2D eigenvalue weighted by atomic mass is 16.5. The number of carbonyl (C=O) groups excluding carboxylic acids is 2. The van der Waals surface area contributed by atoms with Gasteiger partial charge in [0, 0.05) is 6.54 Å². The van der Waals surface area contributed by atoms with Crippen LogP contribution in [0.5, 0.6) is 0 Å². The van der Waals surface area contributed by atoms with E-state index in [1.807, 2.05) is 30.3 Å². The summed E-state index contributed by atoms with van der Waals surface area (Å²) in [6.45, 7) is 3.36. The van der Waals surface area contributed by atoms with Crippen molar-refractivity contribution in [1.29, 1.82) is 0 Å². The smallest absolute Gasteiger partial charge is 0.328 e. The van der Waals surface area contributed by atoms with E-state index >= 15 is 0 Å². The first kappa shape index (κ1) is 21.5. The molecular formula is C23H35NO3. The molecule has 0 spiro atoms. The number of benzene rings is 1. The second kappa shape index (κ2) is 12.5. The normalized spacial score (nSPS) is 16.5. The third-order valence-corrected chi connectivity index (χ3v) is 5.29. The van der Waals surface area contributed by atoms with Crippen LogP contribution in [0.25, 0.3) is 0 Å². The fraction of sp³-hybridized carbons (Fsp3) is 0.652. The van der Waals surface area contributed by atoms with Gasteiger partial charge >= 0.3 is 5.97 Å². The lowest BCUT2D eigenvalue weighted by atomic mass is 10.1. The van der Waals surface area contributed by atoms with Gasteiger partial charge in [-0.05, 0) is 24.8 Å². The number of rotatable bonds is 12. The van der Waals surface area contributed by atoms with Crippen LogP contribution < -0.4 is 0 Å². The van der Waals surface area contributed by atoms with E-state index in [1.165, 1.54) is 38.5 Å². The molecule has 0 aliphatic carbocycles. The van der Waals surface area contributed by atoms with Crippen molar-refractivity contribution in [3.63, 3.8) is 0 Å². The second-order valence-corrected chi connectivity index (χ2v) is 7.55. The minimum atomic E-state index is -0.393. The highest BCUT2D eigenvalue weighted by Gasteiger charge is 2.34. The third-order valence-electron chi connectivity index (χ3n) is 5.29. The van der Waals surface area contributed by atoms with Crippen LogP contribution in [0.1, 0.15) is 76.7 Å². The summed E-state index contributed by atoms with van der Waals surface area (Å²) < 4.78 is 5.47. The fourth-order valence-electron chi connectivity index (χ4n) is 3.69. The number of ether oxygens (including phenoxy) is 1. The van der Waals surface area contributed by atoms with E-state index in [1.54, 1.807) is 4.90 Å². The van der Waals surface area contributed by atoms with E-state index in [0.717, 1.165) is 31.2 Å². The molecule has 1 fully saturated rings. The SMILES string of the molecule is CCCCCCCCCCOC(=O)C1CCCN1C(=O)Cc1ccccc1. The lowest BCUT2D eigenvalue weighted by Gasteiger charge is -2.23. The minimum absolute atomic E-state index is 0.0210. The maximum Gasteiger partial charge on any atom is 0.328 e. The van der Waals surface area contributed by atoms with Crippen LogP contribution in [-0.4, -0.2) is 36.0 Å². The Labute approximate surface area is 164 Å². The first-order chi connectivity index (χ1) is 13.2. The molecule has 0 bridgehead atoms. The molecule has 0 saturated carbocycles. The van der Waals surface area contributed by atoms with E-state index in [-0.39, 0.29) is 11.9 Å². The molecule has 27 heavy (non-hydrogen) atoms. The van der Waals surface area contributed by atoms with Crippen molar-refractivity contribution in [2.45, 2.75) is 83.6 Å². The van der Waals surface area contributed by atoms with Crippen LogP contribution in [-0.2, 0) is 20.7 Å².